The Bertz CT molecular complexity index is 2870. The van der Waals surface area contributed by atoms with Crippen molar-refractivity contribution < 1.29 is 0 Å². The van der Waals surface area contributed by atoms with Crippen molar-refractivity contribution in [3.05, 3.63) is 231 Å². The molecule has 0 N–H and O–H groups in total. The number of anilines is 3. The zero-order valence-electron chi connectivity index (χ0n) is 30.8. The lowest BCUT2D eigenvalue weighted by atomic mass is 9.93. The van der Waals surface area contributed by atoms with Crippen LogP contribution in [-0.4, -0.2) is 4.57 Å². The standard InChI is InChI=1S/C54H38N2/c1-5-18-39(19-6-1)40-32-34-43(35-33-40)46-26-13-15-30-51(46)56(54-47(41-20-7-2-8-21-41)28-17-29-48(54)42-22-9-3-10-23-42)45-36-37-50-49-27-14-16-31-52(49)55(53(50)38-45)44-24-11-4-12-25-44/h1-38H. The van der Waals surface area contributed by atoms with Crippen molar-refractivity contribution in [3.8, 4) is 50.2 Å². The van der Waals surface area contributed by atoms with E-state index in [-0.39, 0.29) is 0 Å². The molecule has 1 heterocycles. The number of para-hydroxylation sites is 4. The first-order valence-electron chi connectivity index (χ1n) is 19.2. The van der Waals surface area contributed by atoms with Gasteiger partial charge >= 0.3 is 0 Å². The molecule has 0 bridgehead atoms. The molecule has 0 atom stereocenters. The van der Waals surface area contributed by atoms with Gasteiger partial charge in [-0.3, -0.25) is 0 Å². The van der Waals surface area contributed by atoms with Gasteiger partial charge in [0.25, 0.3) is 0 Å². The van der Waals surface area contributed by atoms with E-state index in [1.165, 1.54) is 27.4 Å². The normalized spacial score (nSPS) is 11.2. The van der Waals surface area contributed by atoms with E-state index in [2.05, 4.69) is 240 Å². The third-order valence-corrected chi connectivity index (χ3v) is 10.8. The summed E-state index contributed by atoms with van der Waals surface area (Å²) in [7, 11) is 0. The predicted molar refractivity (Wildman–Crippen MR) is 237 cm³/mol. The second-order valence-corrected chi connectivity index (χ2v) is 14.1. The van der Waals surface area contributed by atoms with Crippen LogP contribution in [0.25, 0.3) is 72.0 Å². The van der Waals surface area contributed by atoms with E-state index in [0.29, 0.717) is 0 Å². The Labute approximate surface area is 327 Å². The summed E-state index contributed by atoms with van der Waals surface area (Å²) in [6.07, 6.45) is 0. The van der Waals surface area contributed by atoms with E-state index in [9.17, 15) is 0 Å². The van der Waals surface area contributed by atoms with Crippen molar-refractivity contribution in [1.82, 2.24) is 4.57 Å². The van der Waals surface area contributed by atoms with Crippen LogP contribution >= 0.6 is 0 Å². The Morgan fingerprint density at radius 2 is 0.768 bits per heavy atom. The number of aromatic nitrogens is 1. The highest BCUT2D eigenvalue weighted by Gasteiger charge is 2.25. The second kappa shape index (κ2) is 14.4. The third-order valence-electron chi connectivity index (χ3n) is 10.8. The molecule has 2 nitrogen and oxygen atoms in total. The van der Waals surface area contributed by atoms with Crippen LogP contribution in [0.3, 0.4) is 0 Å². The molecule has 9 aromatic carbocycles. The summed E-state index contributed by atoms with van der Waals surface area (Å²) in [6, 6.07) is 83.2. The van der Waals surface area contributed by atoms with Gasteiger partial charge in [-0.25, -0.2) is 0 Å². The SMILES string of the molecule is c1ccc(-c2ccc(-c3ccccc3N(c3ccc4c5ccccc5n(-c5ccccc5)c4c3)c3c(-c4ccccc4)cccc3-c3ccccc3)cc2)cc1. The maximum absolute atomic E-state index is 2.50. The Balaban J connectivity index is 1.28. The van der Waals surface area contributed by atoms with Crippen molar-refractivity contribution in [2.24, 2.45) is 0 Å². The fourth-order valence-corrected chi connectivity index (χ4v) is 8.21. The summed E-state index contributed by atoms with van der Waals surface area (Å²) in [5.74, 6) is 0. The van der Waals surface area contributed by atoms with Crippen LogP contribution in [0.5, 0.6) is 0 Å². The maximum atomic E-state index is 2.50. The lowest BCUT2D eigenvalue weighted by Crippen LogP contribution is -2.14. The molecule has 2 heteroatoms. The van der Waals surface area contributed by atoms with Gasteiger partial charge in [-0.1, -0.05) is 194 Å². The largest absolute Gasteiger partial charge is 0.309 e. The Morgan fingerprint density at radius 3 is 1.43 bits per heavy atom. The second-order valence-electron chi connectivity index (χ2n) is 14.1. The molecule has 0 radical (unpaired) electrons. The fraction of sp³-hybridized carbons (Fsp3) is 0. The number of fused-ring (bicyclic) bond motifs is 3. The van der Waals surface area contributed by atoms with Gasteiger partial charge in [0.1, 0.15) is 0 Å². The molecule has 1 aromatic heterocycles. The summed E-state index contributed by atoms with van der Waals surface area (Å²) in [5, 5.41) is 2.45. The van der Waals surface area contributed by atoms with Crippen molar-refractivity contribution in [2.75, 3.05) is 4.90 Å². The van der Waals surface area contributed by atoms with Crippen LogP contribution in [0.2, 0.25) is 0 Å². The van der Waals surface area contributed by atoms with Gasteiger partial charge < -0.3 is 9.47 Å². The molecule has 10 aromatic rings. The van der Waals surface area contributed by atoms with E-state index in [1.54, 1.807) is 0 Å². The van der Waals surface area contributed by atoms with Crippen LogP contribution in [0, 0.1) is 0 Å². The third kappa shape index (κ3) is 5.95. The summed E-state index contributed by atoms with van der Waals surface area (Å²) in [5.41, 5.74) is 16.1. The number of benzene rings is 9. The molecule has 10 rings (SSSR count). The van der Waals surface area contributed by atoms with Gasteiger partial charge in [0, 0.05) is 38.8 Å². The number of nitrogens with zero attached hydrogens (tertiary/aromatic N) is 2. The highest BCUT2D eigenvalue weighted by Crippen LogP contribution is 2.50. The van der Waals surface area contributed by atoms with Gasteiger partial charge in [0.05, 0.1) is 22.4 Å². The van der Waals surface area contributed by atoms with Crippen LogP contribution in [-0.2, 0) is 0 Å². The van der Waals surface area contributed by atoms with Crippen LogP contribution in [0.15, 0.2) is 231 Å². The molecule has 0 aliphatic rings. The summed E-state index contributed by atoms with van der Waals surface area (Å²) in [4.78, 5) is 2.50. The predicted octanol–water partition coefficient (Wildman–Crippen LogP) is 14.9. The van der Waals surface area contributed by atoms with Crippen molar-refractivity contribution >= 4 is 38.9 Å². The lowest BCUT2D eigenvalue weighted by molar-refractivity contribution is 1.18. The van der Waals surface area contributed by atoms with E-state index < -0.39 is 0 Å². The lowest BCUT2D eigenvalue weighted by Gasteiger charge is -2.32. The molecule has 0 saturated carbocycles. The summed E-state index contributed by atoms with van der Waals surface area (Å²) < 4.78 is 2.40. The number of hydrogen-bond acceptors (Lipinski definition) is 1. The van der Waals surface area contributed by atoms with Crippen molar-refractivity contribution in [1.29, 1.82) is 0 Å². The number of hydrogen-bond donors (Lipinski definition) is 0. The fourth-order valence-electron chi connectivity index (χ4n) is 8.21. The first-order valence-corrected chi connectivity index (χ1v) is 19.2. The summed E-state index contributed by atoms with van der Waals surface area (Å²) in [6.45, 7) is 0. The highest BCUT2D eigenvalue weighted by atomic mass is 15.2. The molecule has 0 saturated heterocycles. The van der Waals surface area contributed by atoms with Crippen LogP contribution in [0.4, 0.5) is 17.1 Å². The molecular weight excluding hydrogens is 677 g/mol. The molecule has 264 valence electrons. The monoisotopic (exact) mass is 714 g/mol. The van der Waals surface area contributed by atoms with Gasteiger partial charge in [-0.15, -0.1) is 0 Å². The molecule has 56 heavy (non-hydrogen) atoms. The minimum absolute atomic E-state index is 1.08. The van der Waals surface area contributed by atoms with Crippen LogP contribution in [0.1, 0.15) is 0 Å². The molecular formula is C54H38N2. The van der Waals surface area contributed by atoms with E-state index in [4.69, 9.17) is 0 Å². The van der Waals surface area contributed by atoms with Gasteiger partial charge in [-0.05, 0) is 64.2 Å². The van der Waals surface area contributed by atoms with E-state index in [1.807, 2.05) is 0 Å². The molecule has 0 aliphatic carbocycles. The quantitative estimate of drug-likeness (QED) is 0.152. The molecule has 0 unspecified atom stereocenters. The Morgan fingerprint density at radius 1 is 0.304 bits per heavy atom. The highest BCUT2D eigenvalue weighted by molar-refractivity contribution is 6.11. The van der Waals surface area contributed by atoms with Crippen molar-refractivity contribution in [2.45, 2.75) is 0 Å². The topological polar surface area (TPSA) is 8.17 Å². The first kappa shape index (κ1) is 33.2. The average molecular weight is 715 g/mol. The van der Waals surface area contributed by atoms with Gasteiger partial charge in [-0.2, -0.15) is 0 Å². The smallest absolute Gasteiger partial charge is 0.0618 e. The number of rotatable bonds is 8. The molecule has 0 spiro atoms. The molecule has 0 amide bonds. The zero-order chi connectivity index (χ0) is 37.3. The first-order chi connectivity index (χ1) is 27.8. The average Bonchev–Trinajstić information content (AvgIpc) is 3.62. The van der Waals surface area contributed by atoms with Gasteiger partial charge in [0.15, 0.2) is 0 Å². The minimum atomic E-state index is 1.08. The summed E-state index contributed by atoms with van der Waals surface area (Å²) >= 11 is 0. The van der Waals surface area contributed by atoms with E-state index in [0.717, 1.165) is 61.6 Å². The Hall–Kier alpha value is -7.42. The maximum Gasteiger partial charge on any atom is 0.0618 e. The van der Waals surface area contributed by atoms with E-state index >= 15 is 0 Å². The molecule has 0 aliphatic heterocycles. The molecule has 0 fully saturated rings. The zero-order valence-corrected chi connectivity index (χ0v) is 30.8. The van der Waals surface area contributed by atoms with Gasteiger partial charge in [0.2, 0.25) is 0 Å². The van der Waals surface area contributed by atoms with Crippen LogP contribution < -0.4 is 4.90 Å². The Kier molecular flexibility index (Phi) is 8.55. The minimum Gasteiger partial charge on any atom is -0.309 e. The van der Waals surface area contributed by atoms with Crippen molar-refractivity contribution in [3.63, 3.8) is 0 Å².